The number of esters is 1. The van der Waals surface area contributed by atoms with Gasteiger partial charge in [0.25, 0.3) is 5.56 Å². The summed E-state index contributed by atoms with van der Waals surface area (Å²) < 4.78 is 18.8. The van der Waals surface area contributed by atoms with Gasteiger partial charge in [0.1, 0.15) is 11.4 Å². The summed E-state index contributed by atoms with van der Waals surface area (Å²) in [6.45, 7) is 4.15. The molecule has 0 amide bonds. The molecule has 0 fully saturated rings. The number of anilines is 1. The second kappa shape index (κ2) is 7.39. The Balaban J connectivity index is 2.14. The summed E-state index contributed by atoms with van der Waals surface area (Å²) in [5, 5.41) is 3.55. The van der Waals surface area contributed by atoms with Crippen LogP contribution in [-0.4, -0.2) is 17.6 Å². The summed E-state index contributed by atoms with van der Waals surface area (Å²) in [5.41, 5.74) is 2.06. The number of halogens is 1. The van der Waals surface area contributed by atoms with Crippen molar-refractivity contribution in [3.05, 3.63) is 75.3 Å². The molecular formula is C20H19FN2O3. The number of rotatable bonds is 5. The highest BCUT2D eigenvalue weighted by Gasteiger charge is 2.21. The number of nitrogens with one attached hydrogen (secondary N) is 2. The number of fused-ring (bicyclic) bond motifs is 1. The Morgan fingerprint density at radius 2 is 2.00 bits per heavy atom. The molecule has 0 unspecified atom stereocenters. The first-order valence-corrected chi connectivity index (χ1v) is 8.32. The smallest absolute Gasteiger partial charge is 0.345 e. The molecule has 26 heavy (non-hydrogen) atoms. The monoisotopic (exact) mass is 354 g/mol. The predicted molar refractivity (Wildman–Crippen MR) is 99.0 cm³/mol. The van der Waals surface area contributed by atoms with Crippen LogP contribution >= 0.6 is 0 Å². The van der Waals surface area contributed by atoms with Crippen LogP contribution in [-0.2, 0) is 11.3 Å². The van der Waals surface area contributed by atoms with Crippen LogP contribution in [0.1, 0.15) is 28.4 Å². The van der Waals surface area contributed by atoms with Gasteiger partial charge < -0.3 is 15.0 Å². The van der Waals surface area contributed by atoms with E-state index in [4.69, 9.17) is 4.74 Å². The highest BCUT2D eigenvalue weighted by Crippen LogP contribution is 2.26. The zero-order valence-electron chi connectivity index (χ0n) is 14.6. The molecule has 0 spiro atoms. The van der Waals surface area contributed by atoms with Gasteiger partial charge in [-0.2, -0.15) is 0 Å². The number of pyridine rings is 1. The Labute approximate surface area is 149 Å². The Hall–Kier alpha value is -3.15. The summed E-state index contributed by atoms with van der Waals surface area (Å²) in [6.07, 6.45) is 0. The number of hydrogen-bond donors (Lipinski definition) is 2. The Bertz CT molecular complexity index is 1030. The van der Waals surface area contributed by atoms with E-state index in [1.54, 1.807) is 6.92 Å². The van der Waals surface area contributed by atoms with Crippen molar-refractivity contribution in [2.75, 3.05) is 11.9 Å². The first kappa shape index (κ1) is 17.7. The van der Waals surface area contributed by atoms with Crippen LogP contribution in [0.15, 0.2) is 47.3 Å². The van der Waals surface area contributed by atoms with Crippen molar-refractivity contribution in [3.63, 3.8) is 0 Å². The topological polar surface area (TPSA) is 71.2 Å². The van der Waals surface area contributed by atoms with Crippen molar-refractivity contribution in [2.24, 2.45) is 0 Å². The van der Waals surface area contributed by atoms with E-state index in [2.05, 4.69) is 10.3 Å². The predicted octanol–water partition coefficient (Wildman–Crippen LogP) is 3.76. The lowest BCUT2D eigenvalue weighted by Gasteiger charge is -2.15. The van der Waals surface area contributed by atoms with E-state index >= 15 is 0 Å². The number of H-pyrrole nitrogens is 1. The van der Waals surface area contributed by atoms with Crippen LogP contribution in [0.5, 0.6) is 0 Å². The van der Waals surface area contributed by atoms with Crippen molar-refractivity contribution in [2.45, 2.75) is 20.4 Å². The SMILES string of the molecule is CCOC(=O)c1c(NCc2ccccc2C)c2cc(F)ccc2[nH]c1=O. The molecule has 0 atom stereocenters. The van der Waals surface area contributed by atoms with Crippen LogP contribution in [0.3, 0.4) is 0 Å². The highest BCUT2D eigenvalue weighted by atomic mass is 19.1. The number of aromatic amines is 1. The number of benzene rings is 2. The minimum Gasteiger partial charge on any atom is -0.462 e. The molecule has 5 nitrogen and oxygen atoms in total. The summed E-state index contributed by atoms with van der Waals surface area (Å²) >= 11 is 0. The van der Waals surface area contributed by atoms with Gasteiger partial charge in [-0.1, -0.05) is 24.3 Å². The number of aryl methyl sites for hydroxylation is 1. The lowest BCUT2D eigenvalue weighted by molar-refractivity contribution is 0.0525. The molecule has 0 radical (unpaired) electrons. The lowest BCUT2D eigenvalue weighted by atomic mass is 10.1. The molecule has 3 aromatic rings. The quantitative estimate of drug-likeness (QED) is 0.684. The van der Waals surface area contributed by atoms with Crippen molar-refractivity contribution >= 4 is 22.6 Å². The fraction of sp³-hybridized carbons (Fsp3) is 0.200. The van der Waals surface area contributed by atoms with Gasteiger partial charge in [-0.15, -0.1) is 0 Å². The Kier molecular flexibility index (Phi) is 5.02. The maximum absolute atomic E-state index is 13.8. The van der Waals surface area contributed by atoms with Crippen LogP contribution in [0.4, 0.5) is 10.1 Å². The van der Waals surface area contributed by atoms with Gasteiger partial charge >= 0.3 is 5.97 Å². The van der Waals surface area contributed by atoms with E-state index in [1.165, 1.54) is 18.2 Å². The average Bonchev–Trinajstić information content (AvgIpc) is 2.61. The van der Waals surface area contributed by atoms with Crippen molar-refractivity contribution in [3.8, 4) is 0 Å². The molecule has 3 rings (SSSR count). The van der Waals surface area contributed by atoms with Crippen LogP contribution in [0.2, 0.25) is 0 Å². The van der Waals surface area contributed by atoms with Crippen LogP contribution in [0, 0.1) is 12.7 Å². The fourth-order valence-electron chi connectivity index (χ4n) is 2.84. The van der Waals surface area contributed by atoms with E-state index in [1.807, 2.05) is 31.2 Å². The molecular weight excluding hydrogens is 335 g/mol. The average molecular weight is 354 g/mol. The summed E-state index contributed by atoms with van der Waals surface area (Å²) in [6, 6.07) is 11.8. The second-order valence-electron chi connectivity index (χ2n) is 5.89. The number of aromatic nitrogens is 1. The van der Waals surface area contributed by atoms with Gasteiger partial charge in [-0.25, -0.2) is 9.18 Å². The molecule has 2 aromatic carbocycles. The molecule has 0 saturated carbocycles. The molecule has 2 N–H and O–H groups in total. The van der Waals surface area contributed by atoms with Gasteiger partial charge in [0.15, 0.2) is 0 Å². The normalized spacial score (nSPS) is 10.7. The summed E-state index contributed by atoms with van der Waals surface area (Å²) in [5.74, 6) is -1.20. The molecule has 1 aromatic heterocycles. The molecule has 0 aliphatic carbocycles. The van der Waals surface area contributed by atoms with Gasteiger partial charge in [0, 0.05) is 11.9 Å². The van der Waals surface area contributed by atoms with Crippen molar-refractivity contribution < 1.29 is 13.9 Å². The highest BCUT2D eigenvalue weighted by molar-refractivity contribution is 6.04. The van der Waals surface area contributed by atoms with Crippen LogP contribution < -0.4 is 10.9 Å². The second-order valence-corrected chi connectivity index (χ2v) is 5.89. The van der Waals surface area contributed by atoms with E-state index in [0.29, 0.717) is 17.4 Å². The summed E-state index contributed by atoms with van der Waals surface area (Å²) in [4.78, 5) is 27.4. The van der Waals surface area contributed by atoms with Gasteiger partial charge in [0.05, 0.1) is 17.8 Å². The molecule has 6 heteroatoms. The third kappa shape index (κ3) is 3.44. The minimum absolute atomic E-state index is 0.136. The largest absolute Gasteiger partial charge is 0.462 e. The van der Waals surface area contributed by atoms with Crippen LogP contribution in [0.25, 0.3) is 10.9 Å². The third-order valence-electron chi connectivity index (χ3n) is 4.17. The third-order valence-corrected chi connectivity index (χ3v) is 4.17. The van der Waals surface area contributed by atoms with E-state index < -0.39 is 17.3 Å². The van der Waals surface area contributed by atoms with Crippen molar-refractivity contribution in [1.29, 1.82) is 0 Å². The zero-order chi connectivity index (χ0) is 18.7. The zero-order valence-corrected chi connectivity index (χ0v) is 14.6. The number of carbonyl (C=O) groups is 1. The molecule has 0 aliphatic heterocycles. The maximum Gasteiger partial charge on any atom is 0.345 e. The molecule has 134 valence electrons. The van der Waals surface area contributed by atoms with Gasteiger partial charge in [0.2, 0.25) is 0 Å². The van der Waals surface area contributed by atoms with Gasteiger partial charge in [-0.05, 0) is 43.2 Å². The first-order valence-electron chi connectivity index (χ1n) is 8.32. The standard InChI is InChI=1S/C20H19FN2O3/c1-3-26-20(25)17-18(22-11-13-7-5-4-6-12(13)2)15-10-14(21)8-9-16(15)23-19(17)24/h4-10H,3,11H2,1-2H3,(H2,22,23,24). The molecule has 0 bridgehead atoms. The minimum atomic E-state index is -0.743. The van der Waals surface area contributed by atoms with E-state index in [-0.39, 0.29) is 17.9 Å². The molecule has 0 aliphatic rings. The molecule has 1 heterocycles. The van der Waals surface area contributed by atoms with Crippen molar-refractivity contribution in [1.82, 2.24) is 4.98 Å². The lowest BCUT2D eigenvalue weighted by Crippen LogP contribution is -2.23. The Morgan fingerprint density at radius 1 is 1.23 bits per heavy atom. The Morgan fingerprint density at radius 3 is 2.73 bits per heavy atom. The number of hydrogen-bond acceptors (Lipinski definition) is 4. The number of carbonyl (C=O) groups excluding carboxylic acids is 1. The van der Waals surface area contributed by atoms with Gasteiger partial charge in [-0.3, -0.25) is 4.79 Å². The molecule has 0 saturated heterocycles. The number of ether oxygens (including phenoxy) is 1. The first-order chi connectivity index (χ1) is 12.5. The maximum atomic E-state index is 13.8. The fourth-order valence-corrected chi connectivity index (χ4v) is 2.84. The van der Waals surface area contributed by atoms with E-state index in [0.717, 1.165) is 11.1 Å². The summed E-state index contributed by atoms with van der Waals surface area (Å²) in [7, 11) is 0. The van der Waals surface area contributed by atoms with E-state index in [9.17, 15) is 14.0 Å².